The molecule has 0 aromatic heterocycles. The highest BCUT2D eigenvalue weighted by molar-refractivity contribution is 5.17. The Morgan fingerprint density at radius 1 is 0.176 bits per heavy atom. The van der Waals surface area contributed by atoms with Crippen LogP contribution in [0.25, 0.3) is 0 Å². The summed E-state index contributed by atoms with van der Waals surface area (Å²) in [6.45, 7) is 39.0. The molecule has 0 spiro atoms. The first-order valence-corrected chi connectivity index (χ1v) is 30.3. The third kappa shape index (κ3) is 73.9. The van der Waals surface area contributed by atoms with Crippen LogP contribution in [0.4, 0.5) is 0 Å². The van der Waals surface area contributed by atoms with Crippen molar-refractivity contribution in [2.45, 2.75) is 253 Å². The molecule has 0 bridgehead atoms. The molecule has 0 aliphatic carbocycles. The fraction of sp³-hybridized carbons (Fsp3) is 0.514. The van der Waals surface area contributed by atoms with E-state index in [0.29, 0.717) is 0 Å². The van der Waals surface area contributed by atoms with E-state index in [1.807, 2.05) is 18.2 Å². The molecule has 420 valence electrons. The van der Waals surface area contributed by atoms with Crippen LogP contribution in [0.5, 0.6) is 0 Å². The van der Waals surface area contributed by atoms with Crippen LogP contribution in [0.1, 0.15) is 248 Å². The molecule has 0 amide bonds. The monoisotopic (exact) mass is 1010 g/mol. The first-order chi connectivity index (χ1) is 36.1. The van der Waals surface area contributed by atoms with Gasteiger partial charge in [0.05, 0.1) is 0 Å². The van der Waals surface area contributed by atoms with E-state index in [1.165, 1.54) is 143 Å². The van der Waals surface area contributed by atoms with E-state index in [9.17, 15) is 0 Å². The summed E-state index contributed by atoms with van der Waals surface area (Å²) in [5.41, 5.74) is 8.58. The van der Waals surface area contributed by atoms with Gasteiger partial charge in [-0.15, -0.1) is 0 Å². The highest BCUT2D eigenvalue weighted by Gasteiger charge is 1.88. The van der Waals surface area contributed by atoms with Crippen molar-refractivity contribution in [3.63, 3.8) is 0 Å². The largest absolute Gasteiger partial charge is 0.0656 e. The molecule has 74 heavy (non-hydrogen) atoms. The summed E-state index contributed by atoms with van der Waals surface area (Å²) in [6.07, 6.45) is 25.3. The van der Waals surface area contributed by atoms with Crippen molar-refractivity contribution in [3.8, 4) is 0 Å². The maximum atomic E-state index is 2.23. The van der Waals surface area contributed by atoms with Gasteiger partial charge in [-0.3, -0.25) is 0 Å². The molecular formula is C74H124. The average Bonchev–Trinajstić information content (AvgIpc) is 3.46. The van der Waals surface area contributed by atoms with Gasteiger partial charge in [-0.25, -0.2) is 0 Å². The highest BCUT2D eigenvalue weighted by atomic mass is 13.9. The van der Waals surface area contributed by atoms with E-state index in [0.717, 1.165) is 19.3 Å². The van der Waals surface area contributed by atoms with Crippen molar-refractivity contribution in [1.82, 2.24) is 0 Å². The van der Waals surface area contributed by atoms with Crippen molar-refractivity contribution in [2.24, 2.45) is 0 Å². The normalized spacial score (nSPS) is 8.68. The Morgan fingerprint density at radius 2 is 0.351 bits per heavy atom. The van der Waals surface area contributed by atoms with Gasteiger partial charge in [-0.1, -0.05) is 390 Å². The van der Waals surface area contributed by atoms with Crippen LogP contribution in [0.3, 0.4) is 0 Å². The van der Waals surface area contributed by atoms with Gasteiger partial charge in [0.15, 0.2) is 0 Å². The summed E-state index contributed by atoms with van der Waals surface area (Å²) in [4.78, 5) is 0. The van der Waals surface area contributed by atoms with Crippen LogP contribution in [-0.2, 0) is 38.5 Å². The molecule has 0 unspecified atom stereocenters. The molecule has 0 heteroatoms. The molecule has 0 fully saturated rings. The fourth-order valence-corrected chi connectivity index (χ4v) is 5.39. The lowest BCUT2D eigenvalue weighted by molar-refractivity contribution is 0.772. The predicted octanol–water partition coefficient (Wildman–Crippen LogP) is 25.1. The van der Waals surface area contributed by atoms with E-state index in [2.05, 4.69) is 288 Å². The van der Waals surface area contributed by atoms with Crippen LogP contribution in [-0.4, -0.2) is 0 Å². The minimum absolute atomic E-state index is 1.14. The maximum absolute atomic E-state index is 2.23. The molecule has 0 radical (unpaired) electrons. The van der Waals surface area contributed by atoms with Crippen LogP contribution in [0.2, 0.25) is 0 Å². The summed E-state index contributed by atoms with van der Waals surface area (Å²) < 4.78 is 0. The van der Waals surface area contributed by atoms with Gasteiger partial charge in [0.2, 0.25) is 0 Å². The van der Waals surface area contributed by atoms with Gasteiger partial charge in [-0.2, -0.15) is 0 Å². The molecule has 0 saturated carbocycles. The number of benzene rings is 6. The summed E-state index contributed by atoms with van der Waals surface area (Å²) in [7, 11) is 0. The van der Waals surface area contributed by atoms with Crippen molar-refractivity contribution in [3.05, 3.63) is 215 Å². The quantitative estimate of drug-likeness (QED) is 0.102. The lowest BCUT2D eigenvalue weighted by Gasteiger charge is -1.96. The Balaban J connectivity index is -0.000000174. The van der Waals surface area contributed by atoms with Gasteiger partial charge in [0, 0.05) is 0 Å². The van der Waals surface area contributed by atoms with Crippen molar-refractivity contribution in [1.29, 1.82) is 0 Å². The van der Waals surface area contributed by atoms with E-state index in [-0.39, 0.29) is 0 Å². The van der Waals surface area contributed by atoms with E-state index in [4.69, 9.17) is 0 Å². The molecule has 0 N–H and O–H groups in total. The third-order valence-corrected chi connectivity index (χ3v) is 9.89. The van der Waals surface area contributed by atoms with Crippen molar-refractivity contribution >= 4 is 0 Å². The van der Waals surface area contributed by atoms with Gasteiger partial charge < -0.3 is 0 Å². The molecule has 6 aromatic carbocycles. The third-order valence-electron chi connectivity index (χ3n) is 9.89. The van der Waals surface area contributed by atoms with Gasteiger partial charge in [0.1, 0.15) is 0 Å². The second kappa shape index (κ2) is 77.2. The topological polar surface area (TPSA) is 0 Å². The zero-order valence-electron chi connectivity index (χ0n) is 52.5. The summed E-state index contributed by atoms with van der Waals surface area (Å²) >= 11 is 0. The maximum Gasteiger partial charge on any atom is -0.0279 e. The lowest BCUT2D eigenvalue weighted by atomic mass is 10.1. The minimum atomic E-state index is 1.14. The molecule has 0 nitrogen and oxygen atoms in total. The second-order valence-electron chi connectivity index (χ2n) is 18.1. The SMILES string of the molecule is CCC.CCC.CCC.CCCC.CCCC.CCCCC.CCCCc1ccccc1.CCCc1ccccc1.CCCc1ccccc1.CCc1ccccc1.CCc1ccccc1.CCc1ccccc1. The molecular weight excluding hydrogens is 889 g/mol. The minimum Gasteiger partial charge on any atom is -0.0656 e. The van der Waals surface area contributed by atoms with Crippen molar-refractivity contribution in [2.75, 3.05) is 0 Å². The predicted molar refractivity (Wildman–Crippen MR) is 348 cm³/mol. The number of unbranched alkanes of at least 4 members (excludes halogenated alkanes) is 5. The Labute approximate surface area is 466 Å². The van der Waals surface area contributed by atoms with Crippen LogP contribution < -0.4 is 0 Å². The Morgan fingerprint density at radius 3 is 0.473 bits per heavy atom. The summed E-state index contributed by atoms with van der Waals surface area (Å²) in [6, 6.07) is 63.2. The first-order valence-electron chi connectivity index (χ1n) is 30.3. The average molecular weight is 1010 g/mol. The highest BCUT2D eigenvalue weighted by Crippen LogP contribution is 2.04. The lowest BCUT2D eigenvalue weighted by Crippen LogP contribution is -1.81. The number of hydrogen-bond acceptors (Lipinski definition) is 0. The van der Waals surface area contributed by atoms with Crippen LogP contribution in [0, 0.1) is 0 Å². The Kier molecular flexibility index (Phi) is 84.2. The van der Waals surface area contributed by atoms with E-state index < -0.39 is 0 Å². The molecule has 6 rings (SSSR count). The van der Waals surface area contributed by atoms with Crippen LogP contribution in [0.15, 0.2) is 182 Å². The van der Waals surface area contributed by atoms with Gasteiger partial charge >= 0.3 is 0 Å². The number of hydrogen-bond donors (Lipinski definition) is 0. The van der Waals surface area contributed by atoms with Gasteiger partial charge in [0.25, 0.3) is 0 Å². The zero-order valence-corrected chi connectivity index (χ0v) is 52.5. The standard InChI is InChI=1S/C10H14.2C9H12.3C8H10.C5H12.2C4H10.3C3H8/c1-2-3-7-10-8-5-4-6-9-10;2*1-2-6-9-7-4-3-5-8-9;3*1-2-8-6-4-3-5-7-8;1-3-5-4-2;2*1-3-4-2;3*1-3-2/h4-6,8-9H,2-3,7H2,1H3;2*3-5,7-8H,2,6H2,1H3;3*3-7H,2H2,1H3;3-5H2,1-2H3;2*3-4H2,1-2H3;3*3H2,1-2H3. The molecule has 0 heterocycles. The molecule has 0 aliphatic rings. The summed E-state index contributed by atoms with van der Waals surface area (Å²) in [5, 5.41) is 0. The molecule has 0 aliphatic heterocycles. The van der Waals surface area contributed by atoms with E-state index >= 15 is 0 Å². The summed E-state index contributed by atoms with van der Waals surface area (Å²) in [5.74, 6) is 0. The molecule has 0 atom stereocenters. The van der Waals surface area contributed by atoms with Crippen LogP contribution >= 0.6 is 0 Å². The first kappa shape index (κ1) is 80.7. The van der Waals surface area contributed by atoms with Gasteiger partial charge in [-0.05, 0) is 78.3 Å². The number of aryl methyl sites for hydroxylation is 6. The number of rotatable bonds is 14. The molecule has 0 saturated heterocycles. The second-order valence-corrected chi connectivity index (χ2v) is 18.1. The Bertz CT molecular complexity index is 1550. The molecule has 6 aromatic rings. The zero-order chi connectivity index (χ0) is 56.8. The van der Waals surface area contributed by atoms with Crippen molar-refractivity contribution < 1.29 is 0 Å². The smallest absolute Gasteiger partial charge is 0.0279 e. The Hall–Kier alpha value is -4.68. The van der Waals surface area contributed by atoms with E-state index in [1.54, 1.807) is 0 Å². The fourth-order valence-electron chi connectivity index (χ4n) is 5.39.